The second-order valence-corrected chi connectivity index (χ2v) is 9.62. The molecule has 0 N–H and O–H groups in total. The lowest BCUT2D eigenvalue weighted by atomic mass is 9.58. The van der Waals surface area contributed by atoms with Crippen molar-refractivity contribution in [2.24, 2.45) is 11.3 Å². The Balaban J connectivity index is 1.53. The first-order chi connectivity index (χ1) is 15.6. The van der Waals surface area contributed by atoms with Crippen LogP contribution in [-0.2, 0) is 9.59 Å². The highest BCUT2D eigenvalue weighted by Crippen LogP contribution is 2.57. The van der Waals surface area contributed by atoms with E-state index in [0.717, 1.165) is 30.4 Å². The Kier molecular flexibility index (Phi) is 5.58. The first-order valence-corrected chi connectivity index (χ1v) is 11.9. The number of benzene rings is 2. The Labute approximate surface area is 190 Å². The molecule has 1 heterocycles. The van der Waals surface area contributed by atoms with Gasteiger partial charge in [-0.1, -0.05) is 84.5 Å². The van der Waals surface area contributed by atoms with Crippen molar-refractivity contribution in [3.63, 3.8) is 0 Å². The predicted octanol–water partition coefficient (Wildman–Crippen LogP) is 6.01. The van der Waals surface area contributed by atoms with Crippen LogP contribution < -0.4 is 0 Å². The number of amides is 2. The largest absolute Gasteiger partial charge is 0.281 e. The zero-order valence-electron chi connectivity index (χ0n) is 18.7. The zero-order valence-corrected chi connectivity index (χ0v) is 18.7. The lowest BCUT2D eigenvalue weighted by Gasteiger charge is -2.41. The molecule has 3 heteroatoms. The van der Waals surface area contributed by atoms with E-state index in [4.69, 9.17) is 0 Å². The molecule has 4 atom stereocenters. The second kappa shape index (κ2) is 8.54. The molecule has 164 valence electrons. The number of nitrogens with zero attached hydrogens (tertiary/aromatic N) is 1. The second-order valence-electron chi connectivity index (χ2n) is 9.62. The van der Waals surface area contributed by atoms with Gasteiger partial charge in [0.15, 0.2) is 0 Å². The van der Waals surface area contributed by atoms with E-state index in [0.29, 0.717) is 6.54 Å². The maximum Gasteiger partial charge on any atom is 0.236 e. The van der Waals surface area contributed by atoms with Crippen LogP contribution in [0.25, 0.3) is 0 Å². The molecule has 2 aromatic rings. The smallest absolute Gasteiger partial charge is 0.236 e. The van der Waals surface area contributed by atoms with Crippen molar-refractivity contribution in [3.8, 4) is 0 Å². The molecule has 0 bridgehead atoms. The molecule has 0 saturated carbocycles. The summed E-state index contributed by atoms with van der Waals surface area (Å²) in [5, 5.41) is 0. The van der Waals surface area contributed by atoms with Crippen LogP contribution in [0.2, 0.25) is 0 Å². The van der Waals surface area contributed by atoms with E-state index in [2.05, 4.69) is 42.5 Å². The van der Waals surface area contributed by atoms with Crippen LogP contribution in [0.1, 0.15) is 62.0 Å². The first kappa shape index (κ1) is 20.9. The summed E-state index contributed by atoms with van der Waals surface area (Å²) >= 11 is 0. The fraction of sp³-hybridized carbons (Fsp3) is 0.379. The number of fused-ring (bicyclic) bond motifs is 1. The zero-order chi connectivity index (χ0) is 22.1. The third-order valence-corrected chi connectivity index (χ3v) is 7.78. The normalized spacial score (nSPS) is 29.7. The molecule has 0 spiro atoms. The predicted molar refractivity (Wildman–Crippen MR) is 127 cm³/mol. The van der Waals surface area contributed by atoms with Crippen molar-refractivity contribution >= 4 is 11.8 Å². The van der Waals surface area contributed by atoms with E-state index >= 15 is 0 Å². The van der Waals surface area contributed by atoms with Gasteiger partial charge in [0, 0.05) is 18.4 Å². The SMILES string of the molecule is C[C@]12C(=O)N(CCC3=CCCCC3)C(=O)[C@@H]1[C@@H](c1ccccc1)C=C[C@@H]2c1ccccc1. The van der Waals surface area contributed by atoms with Crippen molar-refractivity contribution in [2.45, 2.75) is 50.9 Å². The van der Waals surface area contributed by atoms with Gasteiger partial charge in [0.25, 0.3) is 0 Å². The molecule has 2 aliphatic carbocycles. The third kappa shape index (κ3) is 3.44. The van der Waals surface area contributed by atoms with E-state index in [1.54, 1.807) is 4.90 Å². The van der Waals surface area contributed by atoms with E-state index in [9.17, 15) is 9.59 Å². The number of imide groups is 1. The maximum atomic E-state index is 14.0. The number of hydrogen-bond acceptors (Lipinski definition) is 2. The number of rotatable bonds is 5. The number of likely N-dealkylation sites (tertiary alicyclic amines) is 1. The quantitative estimate of drug-likeness (QED) is 0.435. The Morgan fingerprint density at radius 1 is 0.906 bits per heavy atom. The fourth-order valence-electron chi connectivity index (χ4n) is 6.04. The van der Waals surface area contributed by atoms with E-state index < -0.39 is 5.41 Å². The van der Waals surface area contributed by atoms with Gasteiger partial charge in [-0.05, 0) is 50.2 Å². The lowest BCUT2D eigenvalue weighted by Crippen LogP contribution is -2.42. The van der Waals surface area contributed by atoms with Crippen LogP contribution in [0.4, 0.5) is 0 Å². The molecule has 1 fully saturated rings. The summed E-state index contributed by atoms with van der Waals surface area (Å²) in [4.78, 5) is 29.4. The number of carbonyl (C=O) groups is 2. The highest BCUT2D eigenvalue weighted by Gasteiger charge is 2.62. The summed E-state index contributed by atoms with van der Waals surface area (Å²) in [6.07, 6.45) is 12.1. The van der Waals surface area contributed by atoms with Gasteiger partial charge < -0.3 is 0 Å². The summed E-state index contributed by atoms with van der Waals surface area (Å²) < 4.78 is 0. The molecular formula is C29H31NO2. The highest BCUT2D eigenvalue weighted by atomic mass is 16.2. The van der Waals surface area contributed by atoms with Gasteiger partial charge in [0.2, 0.25) is 11.8 Å². The van der Waals surface area contributed by atoms with Gasteiger partial charge in [-0.3, -0.25) is 14.5 Å². The summed E-state index contributed by atoms with van der Waals surface area (Å²) in [5.41, 5.74) is 2.81. The summed E-state index contributed by atoms with van der Waals surface area (Å²) in [5.74, 6) is -0.593. The summed E-state index contributed by atoms with van der Waals surface area (Å²) in [7, 11) is 0. The van der Waals surface area contributed by atoms with Crippen LogP contribution in [0.5, 0.6) is 0 Å². The molecule has 2 amide bonds. The average Bonchev–Trinajstić information content (AvgIpc) is 3.04. The Morgan fingerprint density at radius 2 is 1.59 bits per heavy atom. The molecule has 0 aromatic heterocycles. The molecule has 3 aliphatic rings. The van der Waals surface area contributed by atoms with E-state index in [1.165, 1.54) is 18.4 Å². The molecule has 1 saturated heterocycles. The lowest BCUT2D eigenvalue weighted by molar-refractivity contribution is -0.141. The van der Waals surface area contributed by atoms with Crippen molar-refractivity contribution in [1.29, 1.82) is 0 Å². The van der Waals surface area contributed by atoms with E-state index in [-0.39, 0.29) is 29.6 Å². The van der Waals surface area contributed by atoms with Crippen LogP contribution in [-0.4, -0.2) is 23.3 Å². The van der Waals surface area contributed by atoms with Crippen LogP contribution >= 0.6 is 0 Å². The standard InChI is InChI=1S/C29H31NO2/c1-29-25(23-15-9-4-10-16-23)18-17-24(22-13-7-3-8-14-22)26(29)27(31)30(28(29)32)20-19-21-11-5-2-6-12-21/h3-4,7-11,13-18,24-26H,2,5-6,12,19-20H2,1H3/t24-,25-,26+,29-/m1/s1. The Morgan fingerprint density at radius 3 is 2.25 bits per heavy atom. The Hall–Kier alpha value is -2.94. The van der Waals surface area contributed by atoms with Crippen LogP contribution in [0.3, 0.4) is 0 Å². The minimum Gasteiger partial charge on any atom is -0.281 e. The number of allylic oxidation sites excluding steroid dienone is 3. The van der Waals surface area contributed by atoms with Crippen molar-refractivity contribution in [2.75, 3.05) is 6.54 Å². The molecule has 3 nitrogen and oxygen atoms in total. The van der Waals surface area contributed by atoms with Gasteiger partial charge in [0.1, 0.15) is 0 Å². The minimum atomic E-state index is -0.783. The molecular weight excluding hydrogens is 394 g/mol. The molecule has 5 rings (SSSR count). The molecule has 1 aliphatic heterocycles. The summed E-state index contributed by atoms with van der Waals surface area (Å²) in [6.45, 7) is 2.52. The van der Waals surface area contributed by atoms with Crippen molar-refractivity contribution in [1.82, 2.24) is 4.90 Å². The van der Waals surface area contributed by atoms with Crippen LogP contribution in [0.15, 0.2) is 84.5 Å². The van der Waals surface area contributed by atoms with Gasteiger partial charge in [-0.2, -0.15) is 0 Å². The van der Waals surface area contributed by atoms with Gasteiger partial charge >= 0.3 is 0 Å². The molecule has 2 aromatic carbocycles. The monoisotopic (exact) mass is 425 g/mol. The summed E-state index contributed by atoms with van der Waals surface area (Å²) in [6, 6.07) is 20.3. The molecule has 32 heavy (non-hydrogen) atoms. The van der Waals surface area contributed by atoms with Gasteiger partial charge in [-0.25, -0.2) is 0 Å². The highest BCUT2D eigenvalue weighted by molar-refractivity contribution is 6.08. The molecule has 0 radical (unpaired) electrons. The van der Waals surface area contributed by atoms with Crippen LogP contribution in [0, 0.1) is 11.3 Å². The number of hydrogen-bond donors (Lipinski definition) is 0. The average molecular weight is 426 g/mol. The molecule has 0 unspecified atom stereocenters. The minimum absolute atomic E-state index is 0.00644. The van der Waals surface area contributed by atoms with Gasteiger partial charge in [0.05, 0.1) is 11.3 Å². The third-order valence-electron chi connectivity index (χ3n) is 7.78. The maximum absolute atomic E-state index is 14.0. The van der Waals surface area contributed by atoms with Crippen molar-refractivity contribution in [3.05, 3.63) is 95.6 Å². The van der Waals surface area contributed by atoms with E-state index in [1.807, 2.05) is 43.3 Å². The topological polar surface area (TPSA) is 37.4 Å². The Bertz CT molecular complexity index is 1060. The number of carbonyl (C=O) groups excluding carboxylic acids is 2. The van der Waals surface area contributed by atoms with Gasteiger partial charge in [-0.15, -0.1) is 0 Å². The van der Waals surface area contributed by atoms with Crippen molar-refractivity contribution < 1.29 is 9.59 Å². The fourth-order valence-corrected chi connectivity index (χ4v) is 6.04. The first-order valence-electron chi connectivity index (χ1n) is 11.9.